The Kier molecular flexibility index (Phi) is 5.36. The number of ether oxygens (including phenoxy) is 1. The van der Waals surface area contributed by atoms with E-state index in [0.29, 0.717) is 4.88 Å². The molecule has 2 rings (SSSR count). The molecule has 7 heteroatoms. The number of carboxylic acid groups (broad SMARTS) is 1. The summed E-state index contributed by atoms with van der Waals surface area (Å²) in [7, 11) is 1.37. The van der Waals surface area contributed by atoms with Crippen LogP contribution in [0.1, 0.15) is 21.5 Å². The monoisotopic (exact) mass is 351 g/mol. The predicted molar refractivity (Wildman–Crippen MR) is 89.8 cm³/mol. The fourth-order valence-corrected chi connectivity index (χ4v) is 3.20. The van der Waals surface area contributed by atoms with Gasteiger partial charge in [-0.15, -0.1) is 11.3 Å². The maximum Gasteiger partial charge on any atom is 0.331 e. The molecule has 0 aliphatic heterocycles. The number of carboxylic acids is 1. The van der Waals surface area contributed by atoms with E-state index in [-0.39, 0.29) is 12.4 Å². The Bertz CT molecular complexity index is 756. The summed E-state index contributed by atoms with van der Waals surface area (Å²) in [6.07, 6.45) is 0. The molecule has 1 heterocycles. The number of hydrogen-bond acceptors (Lipinski definition) is 4. The molecule has 0 saturated heterocycles. The molecule has 0 saturated carbocycles. The molecule has 5 nitrogen and oxygen atoms in total. The van der Waals surface area contributed by atoms with Crippen LogP contribution in [0.3, 0.4) is 0 Å². The highest BCUT2D eigenvalue weighted by atomic mass is 32.1. The summed E-state index contributed by atoms with van der Waals surface area (Å²) in [5.74, 6) is -2.00. The molecule has 24 heavy (non-hydrogen) atoms. The molecule has 0 fully saturated rings. The number of rotatable bonds is 6. The Balaban J connectivity index is 2.27. The van der Waals surface area contributed by atoms with E-state index in [0.717, 1.165) is 16.0 Å². The van der Waals surface area contributed by atoms with Gasteiger partial charge in [0, 0.05) is 12.0 Å². The summed E-state index contributed by atoms with van der Waals surface area (Å²) in [5.41, 5.74) is 0.0933. The van der Waals surface area contributed by atoms with E-state index < -0.39 is 17.4 Å². The van der Waals surface area contributed by atoms with Gasteiger partial charge in [0.2, 0.25) is 0 Å². The van der Waals surface area contributed by atoms with Crippen LogP contribution in [0.25, 0.3) is 11.1 Å². The fourth-order valence-electron chi connectivity index (χ4n) is 2.26. The van der Waals surface area contributed by atoms with Gasteiger partial charge in [0.25, 0.3) is 5.91 Å². The third kappa shape index (κ3) is 3.80. The Morgan fingerprint density at radius 1 is 1.33 bits per heavy atom. The largest absolute Gasteiger partial charge is 0.479 e. The second kappa shape index (κ2) is 7.11. The zero-order valence-corrected chi connectivity index (χ0v) is 14.4. The van der Waals surface area contributed by atoms with Crippen molar-refractivity contribution in [2.75, 3.05) is 13.7 Å². The lowest BCUT2D eigenvalue weighted by molar-refractivity contribution is -0.145. The van der Waals surface area contributed by atoms with E-state index in [1.165, 1.54) is 37.5 Å². The molecule has 1 unspecified atom stereocenters. The Morgan fingerprint density at radius 2 is 1.96 bits per heavy atom. The quantitative estimate of drug-likeness (QED) is 0.839. The number of halogens is 1. The standard InChI is InChI=1S/C17H18FNO4S/c1-10-13(11-4-6-12(18)7-5-11)8-14(24-10)15(20)19-17(2,9-23-3)16(21)22/h4-8H,9H2,1-3H3,(H,19,20)(H,21,22). The maximum absolute atomic E-state index is 13.0. The summed E-state index contributed by atoms with van der Waals surface area (Å²) >= 11 is 1.25. The van der Waals surface area contributed by atoms with Crippen LogP contribution in [0.2, 0.25) is 0 Å². The first-order chi connectivity index (χ1) is 11.3. The molecule has 0 spiro atoms. The minimum Gasteiger partial charge on any atom is -0.479 e. The van der Waals surface area contributed by atoms with Gasteiger partial charge in [-0.25, -0.2) is 9.18 Å². The zero-order valence-electron chi connectivity index (χ0n) is 13.6. The highest BCUT2D eigenvalue weighted by Crippen LogP contribution is 2.31. The van der Waals surface area contributed by atoms with Crippen LogP contribution < -0.4 is 5.32 Å². The van der Waals surface area contributed by atoms with E-state index in [1.807, 2.05) is 6.92 Å². The molecule has 0 aliphatic rings. The van der Waals surface area contributed by atoms with E-state index >= 15 is 0 Å². The molecular formula is C17H18FNO4S. The summed E-state index contributed by atoms with van der Waals surface area (Å²) in [6, 6.07) is 7.66. The Morgan fingerprint density at radius 3 is 2.50 bits per heavy atom. The van der Waals surface area contributed by atoms with Crippen LogP contribution in [0, 0.1) is 12.7 Å². The number of aryl methyl sites for hydroxylation is 1. The lowest BCUT2D eigenvalue weighted by atomic mass is 10.0. The highest BCUT2D eigenvalue weighted by Gasteiger charge is 2.35. The van der Waals surface area contributed by atoms with Crippen LogP contribution in [0.5, 0.6) is 0 Å². The van der Waals surface area contributed by atoms with Crippen molar-refractivity contribution in [2.24, 2.45) is 0 Å². The molecule has 1 aromatic carbocycles. The maximum atomic E-state index is 13.0. The second-order valence-corrected chi connectivity index (χ2v) is 6.87. The number of aliphatic carboxylic acids is 1. The molecular weight excluding hydrogens is 333 g/mol. The minimum atomic E-state index is -1.51. The van der Waals surface area contributed by atoms with Gasteiger partial charge in [0.1, 0.15) is 5.82 Å². The van der Waals surface area contributed by atoms with Gasteiger partial charge in [-0.3, -0.25) is 4.79 Å². The Labute approximate surface area is 143 Å². The van der Waals surface area contributed by atoms with E-state index in [4.69, 9.17) is 4.74 Å². The summed E-state index contributed by atoms with van der Waals surface area (Å²) in [4.78, 5) is 25.1. The van der Waals surface area contributed by atoms with Crippen LogP contribution in [-0.4, -0.2) is 36.2 Å². The molecule has 1 atom stereocenters. The van der Waals surface area contributed by atoms with Gasteiger partial charge in [-0.2, -0.15) is 0 Å². The van der Waals surface area contributed by atoms with Gasteiger partial charge in [0.05, 0.1) is 11.5 Å². The third-order valence-electron chi connectivity index (χ3n) is 3.59. The SMILES string of the molecule is COCC(C)(NC(=O)c1cc(-c2ccc(F)cc2)c(C)s1)C(=O)O. The molecule has 0 radical (unpaired) electrons. The normalized spacial score (nSPS) is 13.3. The number of carbonyl (C=O) groups is 2. The van der Waals surface area contributed by atoms with Crippen LogP contribution in [-0.2, 0) is 9.53 Å². The van der Waals surface area contributed by atoms with Crippen LogP contribution in [0.15, 0.2) is 30.3 Å². The number of amides is 1. The first kappa shape index (κ1) is 18.1. The summed E-state index contributed by atoms with van der Waals surface area (Å²) in [5, 5.41) is 11.8. The first-order valence-corrected chi connectivity index (χ1v) is 7.99. The topological polar surface area (TPSA) is 75.6 Å². The van der Waals surface area contributed by atoms with Crippen molar-refractivity contribution in [3.05, 3.63) is 45.9 Å². The van der Waals surface area contributed by atoms with E-state index in [1.54, 1.807) is 18.2 Å². The Hall–Kier alpha value is -2.25. The molecule has 0 bridgehead atoms. The molecule has 128 valence electrons. The molecule has 0 aliphatic carbocycles. The summed E-state index contributed by atoms with van der Waals surface area (Å²) < 4.78 is 17.9. The van der Waals surface area contributed by atoms with Crippen LogP contribution >= 0.6 is 11.3 Å². The van der Waals surface area contributed by atoms with Crippen molar-refractivity contribution in [2.45, 2.75) is 19.4 Å². The zero-order chi connectivity index (χ0) is 17.9. The minimum absolute atomic E-state index is 0.150. The number of carbonyl (C=O) groups excluding carboxylic acids is 1. The molecule has 2 N–H and O–H groups in total. The van der Waals surface area contributed by atoms with Gasteiger partial charge >= 0.3 is 5.97 Å². The van der Waals surface area contributed by atoms with Crippen molar-refractivity contribution in [3.63, 3.8) is 0 Å². The number of nitrogens with one attached hydrogen (secondary N) is 1. The van der Waals surface area contributed by atoms with Crippen molar-refractivity contribution in [3.8, 4) is 11.1 Å². The van der Waals surface area contributed by atoms with Crippen molar-refractivity contribution >= 4 is 23.2 Å². The number of benzene rings is 1. The lowest BCUT2D eigenvalue weighted by Crippen LogP contribution is -2.55. The number of methoxy groups -OCH3 is 1. The number of thiophene rings is 1. The highest BCUT2D eigenvalue weighted by molar-refractivity contribution is 7.14. The smallest absolute Gasteiger partial charge is 0.331 e. The molecule has 1 aromatic heterocycles. The average molecular weight is 351 g/mol. The van der Waals surface area contributed by atoms with Crippen LogP contribution in [0.4, 0.5) is 4.39 Å². The first-order valence-electron chi connectivity index (χ1n) is 7.18. The van der Waals surface area contributed by atoms with Gasteiger partial charge in [-0.1, -0.05) is 12.1 Å². The third-order valence-corrected chi connectivity index (χ3v) is 4.64. The van der Waals surface area contributed by atoms with Gasteiger partial charge in [-0.05, 0) is 43.2 Å². The van der Waals surface area contributed by atoms with Gasteiger partial charge in [0.15, 0.2) is 5.54 Å². The second-order valence-electron chi connectivity index (χ2n) is 5.61. The average Bonchev–Trinajstić information content (AvgIpc) is 2.90. The van der Waals surface area contributed by atoms with Crippen molar-refractivity contribution in [1.29, 1.82) is 0 Å². The van der Waals surface area contributed by atoms with E-state index in [9.17, 15) is 19.1 Å². The van der Waals surface area contributed by atoms with Gasteiger partial charge < -0.3 is 15.2 Å². The van der Waals surface area contributed by atoms with E-state index in [2.05, 4.69) is 5.32 Å². The lowest BCUT2D eigenvalue weighted by Gasteiger charge is -2.24. The summed E-state index contributed by atoms with van der Waals surface area (Å²) in [6.45, 7) is 3.09. The predicted octanol–water partition coefficient (Wildman–Crippen LogP) is 3.08. The fraction of sp³-hybridized carbons (Fsp3) is 0.294. The molecule has 1 amide bonds. The van der Waals surface area contributed by atoms with Crippen molar-refractivity contribution in [1.82, 2.24) is 5.32 Å². The number of hydrogen-bond donors (Lipinski definition) is 2. The van der Waals surface area contributed by atoms with Crippen molar-refractivity contribution < 1.29 is 23.8 Å². The molecule has 2 aromatic rings.